The molecule has 58 valence electrons. The fraction of sp³-hybridized carbons (Fsp3) is 0.714. The topological polar surface area (TPSA) is 15.3 Å². The molecule has 1 heterocycles. The Morgan fingerprint density at radius 1 is 1.60 bits per heavy atom. The maximum absolute atomic E-state index is 3.47. The molecule has 0 saturated carbocycles. The molecule has 0 spiro atoms. The van der Waals surface area contributed by atoms with E-state index in [2.05, 4.69) is 47.0 Å². The van der Waals surface area contributed by atoms with Gasteiger partial charge in [-0.05, 0) is 21.8 Å². The Morgan fingerprint density at radius 2 is 2.20 bits per heavy atom. The Bertz CT molecular complexity index is 163. The third-order valence-electron chi connectivity index (χ3n) is 1.65. The number of halogens is 1. The quantitative estimate of drug-likeness (QED) is 0.655. The highest BCUT2D eigenvalue weighted by molar-refractivity contribution is 9.11. The monoisotopic (exact) mass is 204 g/mol. The van der Waals surface area contributed by atoms with Gasteiger partial charge in [0.1, 0.15) is 0 Å². The third kappa shape index (κ3) is 1.29. The molecule has 1 N–H and O–H groups in total. The molecule has 0 aromatic carbocycles. The summed E-state index contributed by atoms with van der Waals surface area (Å²) < 4.78 is 1.14. The number of hydrogen-bond donors (Lipinski definition) is 1. The molecule has 0 aromatic rings. The van der Waals surface area contributed by atoms with E-state index in [1.807, 2.05) is 0 Å². The summed E-state index contributed by atoms with van der Waals surface area (Å²) in [4.78, 5) is 2.22. The van der Waals surface area contributed by atoms with Crippen LogP contribution in [0, 0.1) is 5.92 Å². The first-order valence-electron chi connectivity index (χ1n) is 3.47. The molecule has 10 heavy (non-hydrogen) atoms. The molecule has 0 saturated heterocycles. The van der Waals surface area contributed by atoms with Crippen LogP contribution in [0.25, 0.3) is 0 Å². The summed E-state index contributed by atoms with van der Waals surface area (Å²) in [5.41, 5.74) is 1.36. The van der Waals surface area contributed by atoms with E-state index in [0.29, 0.717) is 5.92 Å². The maximum atomic E-state index is 3.47. The van der Waals surface area contributed by atoms with Crippen LogP contribution in [0.4, 0.5) is 0 Å². The molecule has 0 aromatic heterocycles. The lowest BCUT2D eigenvalue weighted by molar-refractivity contribution is 0.400. The van der Waals surface area contributed by atoms with Gasteiger partial charge in [-0.1, -0.05) is 13.8 Å². The van der Waals surface area contributed by atoms with Crippen molar-refractivity contribution in [1.29, 1.82) is 0 Å². The van der Waals surface area contributed by atoms with Crippen molar-refractivity contribution in [3.63, 3.8) is 0 Å². The summed E-state index contributed by atoms with van der Waals surface area (Å²) in [6.45, 7) is 5.31. The molecule has 0 fully saturated rings. The van der Waals surface area contributed by atoms with Gasteiger partial charge in [0.2, 0.25) is 0 Å². The van der Waals surface area contributed by atoms with Crippen molar-refractivity contribution >= 4 is 15.9 Å². The second-order valence-corrected chi connectivity index (χ2v) is 3.68. The van der Waals surface area contributed by atoms with Gasteiger partial charge in [-0.2, -0.15) is 0 Å². The first-order chi connectivity index (χ1) is 4.63. The van der Waals surface area contributed by atoms with Crippen LogP contribution < -0.4 is 5.32 Å². The number of hydrogen-bond acceptors (Lipinski definition) is 2. The van der Waals surface area contributed by atoms with Gasteiger partial charge in [0.25, 0.3) is 0 Å². The molecule has 0 radical (unpaired) electrons. The summed E-state index contributed by atoms with van der Waals surface area (Å²) in [5.74, 6) is 0.592. The predicted octanol–water partition coefficient (Wildman–Crippen LogP) is 1.70. The van der Waals surface area contributed by atoms with Crippen molar-refractivity contribution in [3.05, 3.63) is 10.3 Å². The molecule has 1 rings (SSSR count). The van der Waals surface area contributed by atoms with E-state index in [1.165, 1.54) is 5.70 Å². The van der Waals surface area contributed by atoms with Crippen LogP contribution in [0.15, 0.2) is 10.3 Å². The molecular weight excluding hydrogens is 192 g/mol. The molecule has 2 nitrogen and oxygen atoms in total. The van der Waals surface area contributed by atoms with Gasteiger partial charge in [0.05, 0.1) is 11.3 Å². The Balaban J connectivity index is 2.78. The van der Waals surface area contributed by atoms with E-state index in [-0.39, 0.29) is 0 Å². The Morgan fingerprint density at radius 3 is 2.40 bits per heavy atom. The zero-order valence-electron chi connectivity index (χ0n) is 6.61. The smallest absolute Gasteiger partial charge is 0.0991 e. The minimum atomic E-state index is 0.592. The van der Waals surface area contributed by atoms with E-state index in [4.69, 9.17) is 0 Å². The maximum Gasteiger partial charge on any atom is 0.0991 e. The minimum absolute atomic E-state index is 0.592. The summed E-state index contributed by atoms with van der Waals surface area (Å²) in [7, 11) is 2.09. The first-order valence-corrected chi connectivity index (χ1v) is 4.27. The molecular formula is C7H13BrN2. The lowest BCUT2D eigenvalue weighted by atomic mass is 10.1. The molecule has 0 aliphatic carbocycles. The molecule has 0 unspecified atom stereocenters. The highest BCUT2D eigenvalue weighted by Crippen LogP contribution is 2.24. The number of rotatable bonds is 1. The second kappa shape index (κ2) is 2.82. The Hall–Kier alpha value is -0.180. The van der Waals surface area contributed by atoms with Gasteiger partial charge < -0.3 is 10.2 Å². The van der Waals surface area contributed by atoms with Crippen molar-refractivity contribution in [2.75, 3.05) is 13.7 Å². The highest BCUT2D eigenvalue weighted by Gasteiger charge is 2.18. The molecule has 0 atom stereocenters. The summed E-state index contributed by atoms with van der Waals surface area (Å²) in [6, 6.07) is 0. The van der Waals surface area contributed by atoms with Gasteiger partial charge >= 0.3 is 0 Å². The zero-order valence-corrected chi connectivity index (χ0v) is 8.20. The highest BCUT2D eigenvalue weighted by atomic mass is 79.9. The van der Waals surface area contributed by atoms with Crippen LogP contribution in [0.5, 0.6) is 0 Å². The molecule has 1 aliphatic heterocycles. The van der Waals surface area contributed by atoms with Crippen LogP contribution in [0.3, 0.4) is 0 Å². The van der Waals surface area contributed by atoms with E-state index in [0.717, 1.165) is 11.3 Å². The predicted molar refractivity (Wildman–Crippen MR) is 46.6 cm³/mol. The summed E-state index contributed by atoms with van der Waals surface area (Å²) >= 11 is 3.47. The van der Waals surface area contributed by atoms with Crippen molar-refractivity contribution in [2.45, 2.75) is 13.8 Å². The number of nitrogens with one attached hydrogen (secondary N) is 1. The van der Waals surface area contributed by atoms with Crippen LogP contribution in [0.1, 0.15) is 13.8 Å². The lowest BCUT2D eigenvalue weighted by Crippen LogP contribution is -2.20. The van der Waals surface area contributed by atoms with Gasteiger partial charge in [-0.25, -0.2) is 0 Å². The van der Waals surface area contributed by atoms with Crippen molar-refractivity contribution in [1.82, 2.24) is 10.2 Å². The third-order valence-corrected chi connectivity index (χ3v) is 2.34. The number of nitrogens with zero attached hydrogens (tertiary/aromatic N) is 1. The van der Waals surface area contributed by atoms with Crippen LogP contribution in [0.2, 0.25) is 0 Å². The van der Waals surface area contributed by atoms with Gasteiger partial charge in [0, 0.05) is 12.7 Å². The van der Waals surface area contributed by atoms with Crippen LogP contribution in [-0.4, -0.2) is 18.6 Å². The normalized spacial score (nSPS) is 18.7. The fourth-order valence-corrected chi connectivity index (χ4v) is 2.11. The van der Waals surface area contributed by atoms with Crippen molar-refractivity contribution in [3.8, 4) is 0 Å². The SMILES string of the molecule is CC(C)C1=C(Br)NCN1C. The van der Waals surface area contributed by atoms with E-state index < -0.39 is 0 Å². The Labute approximate surface area is 70.4 Å². The molecule has 0 amide bonds. The second-order valence-electron chi connectivity index (χ2n) is 2.89. The summed E-state index contributed by atoms with van der Waals surface area (Å²) in [5, 5.41) is 3.22. The number of allylic oxidation sites excluding steroid dienone is 1. The molecule has 1 aliphatic rings. The minimum Gasteiger partial charge on any atom is -0.361 e. The van der Waals surface area contributed by atoms with Gasteiger partial charge in [-0.15, -0.1) is 0 Å². The largest absolute Gasteiger partial charge is 0.361 e. The van der Waals surface area contributed by atoms with E-state index >= 15 is 0 Å². The fourth-order valence-electron chi connectivity index (χ4n) is 1.23. The molecule has 3 heteroatoms. The average molecular weight is 205 g/mol. The van der Waals surface area contributed by atoms with Gasteiger partial charge in [0.15, 0.2) is 0 Å². The first kappa shape index (κ1) is 7.92. The van der Waals surface area contributed by atoms with Crippen LogP contribution >= 0.6 is 15.9 Å². The van der Waals surface area contributed by atoms with Gasteiger partial charge in [-0.3, -0.25) is 0 Å². The Kier molecular flexibility index (Phi) is 2.24. The van der Waals surface area contributed by atoms with Crippen molar-refractivity contribution < 1.29 is 0 Å². The van der Waals surface area contributed by atoms with E-state index in [9.17, 15) is 0 Å². The summed E-state index contributed by atoms with van der Waals surface area (Å²) in [6.07, 6.45) is 0. The standard InChI is InChI=1S/C7H13BrN2/c1-5(2)6-7(8)9-4-10(6)3/h5,9H,4H2,1-3H3. The van der Waals surface area contributed by atoms with Crippen LogP contribution in [-0.2, 0) is 0 Å². The van der Waals surface area contributed by atoms with Crippen molar-refractivity contribution in [2.24, 2.45) is 5.92 Å². The molecule has 0 bridgehead atoms. The van der Waals surface area contributed by atoms with E-state index in [1.54, 1.807) is 0 Å². The lowest BCUT2D eigenvalue weighted by Gasteiger charge is -2.17. The zero-order chi connectivity index (χ0) is 7.72. The average Bonchev–Trinajstić information content (AvgIpc) is 2.11.